The fourth-order valence-electron chi connectivity index (χ4n) is 9.80. The molecular weight excluding hydrogens is 500 g/mol. The fourth-order valence-corrected chi connectivity index (χ4v) is 9.80. The second-order valence-corrected chi connectivity index (χ2v) is 14.5. The molecule has 4 aliphatic carbocycles. The highest BCUT2D eigenvalue weighted by Crippen LogP contribution is 2.67. The van der Waals surface area contributed by atoms with E-state index in [1.165, 1.54) is 56.2 Å². The number of rotatable bonds is 8. The van der Waals surface area contributed by atoms with E-state index < -0.39 is 18.0 Å². The number of carboxylic acids is 1. The molecule has 3 fully saturated rings. The molecule has 0 radical (unpaired) electrons. The molecule has 0 amide bonds. The summed E-state index contributed by atoms with van der Waals surface area (Å²) in [5, 5.41) is 21.1. The maximum atomic E-state index is 13.0. The number of fused-ring (bicyclic) bond motifs is 5. The molecule has 1 aromatic rings. The maximum absolute atomic E-state index is 13.0. The number of aromatic carboxylic acids is 1. The molecule has 9 atom stereocenters. The van der Waals surface area contributed by atoms with Crippen molar-refractivity contribution in [3.05, 3.63) is 47.0 Å². The van der Waals surface area contributed by atoms with E-state index >= 15 is 0 Å². The van der Waals surface area contributed by atoms with Crippen LogP contribution in [0.5, 0.6) is 0 Å². The van der Waals surface area contributed by atoms with E-state index in [0.29, 0.717) is 29.6 Å². The minimum atomic E-state index is -1.13. The molecule has 1 aromatic carbocycles. The number of carboxylic acid groups (broad SMARTS) is 1. The van der Waals surface area contributed by atoms with Crippen LogP contribution in [0.15, 0.2) is 35.9 Å². The van der Waals surface area contributed by atoms with Crippen LogP contribution in [0.25, 0.3) is 0 Å². The average molecular weight is 551 g/mol. The van der Waals surface area contributed by atoms with Gasteiger partial charge in [0.05, 0.1) is 17.2 Å². The number of hydrogen-bond acceptors (Lipinski definition) is 4. The van der Waals surface area contributed by atoms with Crippen molar-refractivity contribution in [2.45, 2.75) is 111 Å². The Balaban J connectivity index is 1.30. The first kappa shape index (κ1) is 29.4. The lowest BCUT2D eigenvalue weighted by Gasteiger charge is -2.59. The van der Waals surface area contributed by atoms with Crippen LogP contribution < -0.4 is 0 Å². The van der Waals surface area contributed by atoms with Crippen LogP contribution in [0.2, 0.25) is 0 Å². The molecule has 5 heteroatoms. The van der Waals surface area contributed by atoms with Gasteiger partial charge in [0.15, 0.2) is 0 Å². The normalized spacial score (nSPS) is 37.6. The van der Waals surface area contributed by atoms with Gasteiger partial charge in [0.2, 0.25) is 0 Å². The van der Waals surface area contributed by atoms with Gasteiger partial charge in [-0.25, -0.2) is 9.59 Å². The molecule has 4 aliphatic rings. The van der Waals surface area contributed by atoms with Crippen molar-refractivity contribution < 1.29 is 24.5 Å². The summed E-state index contributed by atoms with van der Waals surface area (Å²) in [6.07, 6.45) is 12.6. The maximum Gasteiger partial charge on any atom is 0.339 e. The molecule has 0 spiro atoms. The number of carbonyl (C=O) groups excluding carboxylic acids is 1. The molecule has 0 saturated heterocycles. The minimum absolute atomic E-state index is 0.0219. The number of aliphatic hydroxyl groups excluding tert-OH is 1. The van der Waals surface area contributed by atoms with Crippen molar-refractivity contribution in [3.63, 3.8) is 0 Å². The van der Waals surface area contributed by atoms with Crippen molar-refractivity contribution in [1.29, 1.82) is 0 Å². The smallest absolute Gasteiger partial charge is 0.339 e. The van der Waals surface area contributed by atoms with Gasteiger partial charge in [-0.05, 0) is 97.0 Å². The molecular formula is C35H50O5. The van der Waals surface area contributed by atoms with E-state index in [-0.39, 0.29) is 22.6 Å². The van der Waals surface area contributed by atoms with E-state index in [2.05, 4.69) is 40.7 Å². The van der Waals surface area contributed by atoms with Gasteiger partial charge in [0, 0.05) is 6.42 Å². The van der Waals surface area contributed by atoms with Crippen LogP contribution in [0, 0.1) is 46.3 Å². The first-order valence-corrected chi connectivity index (χ1v) is 15.9. The van der Waals surface area contributed by atoms with Gasteiger partial charge < -0.3 is 14.9 Å². The molecule has 220 valence electrons. The summed E-state index contributed by atoms with van der Waals surface area (Å²) in [5.74, 6) is 1.89. The molecule has 0 heterocycles. The number of esters is 1. The molecule has 0 unspecified atom stereocenters. The zero-order chi connectivity index (χ0) is 28.8. The number of aliphatic hydroxyl groups is 1. The Morgan fingerprint density at radius 1 is 0.975 bits per heavy atom. The van der Waals surface area contributed by atoms with Crippen LogP contribution in [0.3, 0.4) is 0 Å². The number of carbonyl (C=O) groups is 2. The Morgan fingerprint density at radius 3 is 2.40 bits per heavy atom. The van der Waals surface area contributed by atoms with Crippen LogP contribution in [-0.4, -0.2) is 34.4 Å². The number of hydrogen-bond donors (Lipinski definition) is 2. The van der Waals surface area contributed by atoms with E-state index in [0.717, 1.165) is 37.0 Å². The average Bonchev–Trinajstić information content (AvgIpc) is 3.26. The van der Waals surface area contributed by atoms with Crippen LogP contribution >= 0.6 is 0 Å². The second kappa shape index (κ2) is 11.3. The zero-order valence-corrected chi connectivity index (χ0v) is 25.2. The SMILES string of the molecule is CC(C)CCC[C@@H](C)[C@H]1CC[C@H]2[C@@H]3[C@@H](O)C=C4C[C@@H](OC(=O)c5ccccc5C(=O)O)CC[C@]4(C)[C@H]3CC[C@]12C. The monoisotopic (exact) mass is 550 g/mol. The lowest BCUT2D eigenvalue weighted by Crippen LogP contribution is -2.55. The third-order valence-electron chi connectivity index (χ3n) is 11.9. The molecule has 0 bridgehead atoms. The highest BCUT2D eigenvalue weighted by Gasteiger charge is 2.61. The third kappa shape index (κ3) is 5.16. The standard InChI is InChI=1S/C35H50O5/c1-21(2)9-8-10-22(3)27-13-14-28-31-29(16-18-35(27,28)5)34(4)17-15-24(19-23(34)20-30(31)36)40-33(39)26-12-7-6-11-25(26)32(37)38/h6-7,11-12,20-22,24,27-31,36H,8-10,13-19H2,1-5H3,(H,37,38)/t22-,24+,27-,28+,29+,30+,31+,34+,35-/m1/s1. The van der Waals surface area contributed by atoms with Gasteiger partial charge in [-0.15, -0.1) is 0 Å². The summed E-state index contributed by atoms with van der Waals surface area (Å²) >= 11 is 0. The summed E-state index contributed by atoms with van der Waals surface area (Å²) in [6, 6.07) is 6.24. The number of benzene rings is 1. The molecule has 40 heavy (non-hydrogen) atoms. The van der Waals surface area contributed by atoms with Gasteiger partial charge >= 0.3 is 11.9 Å². The molecule has 0 aromatic heterocycles. The molecule has 5 rings (SSSR count). The molecule has 5 nitrogen and oxygen atoms in total. The number of ether oxygens (including phenoxy) is 1. The summed E-state index contributed by atoms with van der Waals surface area (Å²) in [7, 11) is 0. The Labute approximate surface area is 240 Å². The van der Waals surface area contributed by atoms with Gasteiger partial charge in [0.1, 0.15) is 6.10 Å². The van der Waals surface area contributed by atoms with Crippen molar-refractivity contribution in [2.75, 3.05) is 0 Å². The Kier molecular flexibility index (Phi) is 8.27. The minimum Gasteiger partial charge on any atom is -0.478 e. The lowest BCUT2D eigenvalue weighted by atomic mass is 9.46. The lowest BCUT2D eigenvalue weighted by molar-refractivity contribution is -0.0978. The largest absolute Gasteiger partial charge is 0.478 e. The Bertz CT molecular complexity index is 1140. The van der Waals surface area contributed by atoms with Crippen LogP contribution in [-0.2, 0) is 4.74 Å². The zero-order valence-electron chi connectivity index (χ0n) is 25.2. The topological polar surface area (TPSA) is 83.8 Å². The van der Waals surface area contributed by atoms with Crippen molar-refractivity contribution >= 4 is 11.9 Å². The van der Waals surface area contributed by atoms with Crippen LogP contribution in [0.1, 0.15) is 120 Å². The van der Waals surface area contributed by atoms with Crippen LogP contribution in [0.4, 0.5) is 0 Å². The van der Waals surface area contributed by atoms with Gasteiger partial charge in [-0.1, -0.05) is 77.7 Å². The summed E-state index contributed by atoms with van der Waals surface area (Å²) < 4.78 is 5.88. The highest BCUT2D eigenvalue weighted by molar-refractivity contribution is 6.02. The predicted molar refractivity (Wildman–Crippen MR) is 157 cm³/mol. The highest BCUT2D eigenvalue weighted by atomic mass is 16.5. The van der Waals surface area contributed by atoms with E-state index in [1.807, 2.05) is 0 Å². The first-order chi connectivity index (χ1) is 19.0. The molecule has 0 aliphatic heterocycles. The van der Waals surface area contributed by atoms with Crippen molar-refractivity contribution in [2.24, 2.45) is 46.3 Å². The fraction of sp³-hybridized carbons (Fsp3) is 0.714. The van der Waals surface area contributed by atoms with E-state index in [9.17, 15) is 19.8 Å². The molecule has 2 N–H and O–H groups in total. The van der Waals surface area contributed by atoms with Gasteiger partial charge in [-0.3, -0.25) is 0 Å². The van der Waals surface area contributed by atoms with Crippen molar-refractivity contribution in [1.82, 2.24) is 0 Å². The first-order valence-electron chi connectivity index (χ1n) is 15.9. The van der Waals surface area contributed by atoms with Crippen molar-refractivity contribution in [3.8, 4) is 0 Å². The second-order valence-electron chi connectivity index (χ2n) is 14.5. The summed E-state index contributed by atoms with van der Waals surface area (Å²) in [4.78, 5) is 24.6. The molecule has 3 saturated carbocycles. The van der Waals surface area contributed by atoms with Gasteiger partial charge in [-0.2, -0.15) is 0 Å². The predicted octanol–water partition coefficient (Wildman–Crippen LogP) is 7.92. The quantitative estimate of drug-likeness (QED) is 0.254. The van der Waals surface area contributed by atoms with E-state index in [4.69, 9.17) is 4.74 Å². The summed E-state index contributed by atoms with van der Waals surface area (Å²) in [6.45, 7) is 12.1. The Morgan fingerprint density at radius 2 is 1.70 bits per heavy atom. The Hall–Kier alpha value is -2.14. The third-order valence-corrected chi connectivity index (χ3v) is 11.9. The van der Waals surface area contributed by atoms with E-state index in [1.54, 1.807) is 12.1 Å². The van der Waals surface area contributed by atoms with Gasteiger partial charge in [0.25, 0.3) is 0 Å². The summed E-state index contributed by atoms with van der Waals surface area (Å²) in [5.41, 5.74) is 1.64.